The molecule has 0 spiro atoms. The van der Waals surface area contributed by atoms with Crippen molar-refractivity contribution in [1.82, 2.24) is 10.2 Å². The number of amides is 3. The molecule has 0 aromatic heterocycles. The zero-order chi connectivity index (χ0) is 14.5. The van der Waals surface area contributed by atoms with Gasteiger partial charge in [0.25, 0.3) is 0 Å². The smallest absolute Gasteiger partial charge is 0.406 e. The van der Waals surface area contributed by atoms with E-state index in [2.05, 4.69) is 0 Å². The summed E-state index contributed by atoms with van der Waals surface area (Å²) in [4.78, 5) is 32.4. The zero-order valence-electron chi connectivity index (χ0n) is 9.32. The number of aliphatic carboxylic acids is 1. The molecule has 10 heteroatoms. The van der Waals surface area contributed by atoms with Gasteiger partial charge in [0.15, 0.2) is 0 Å². The van der Waals surface area contributed by atoms with E-state index in [0.29, 0.717) is 0 Å². The van der Waals surface area contributed by atoms with Gasteiger partial charge in [-0.15, -0.1) is 0 Å². The Labute approximate surface area is 99.7 Å². The summed E-state index contributed by atoms with van der Waals surface area (Å²) in [6.45, 7) is -1.75. The maximum absolute atomic E-state index is 12.1. The fourth-order valence-electron chi connectivity index (χ4n) is 1.14. The Kier molecular flexibility index (Phi) is 5.40. The second-order valence-corrected chi connectivity index (χ2v) is 3.43. The Morgan fingerprint density at radius 1 is 1.39 bits per heavy atom. The van der Waals surface area contributed by atoms with E-state index in [1.54, 1.807) is 0 Å². The van der Waals surface area contributed by atoms with Gasteiger partial charge in [-0.2, -0.15) is 13.2 Å². The highest BCUT2D eigenvalue weighted by Crippen LogP contribution is 2.16. The number of carbonyl (C=O) groups excluding carboxylic acids is 2. The Morgan fingerprint density at radius 3 is 2.22 bits per heavy atom. The molecule has 18 heavy (non-hydrogen) atoms. The summed E-state index contributed by atoms with van der Waals surface area (Å²) in [7, 11) is 0. The average Bonchev–Trinajstić information content (AvgIpc) is 2.11. The van der Waals surface area contributed by atoms with Crippen LogP contribution in [0.15, 0.2) is 0 Å². The first-order valence-electron chi connectivity index (χ1n) is 4.66. The number of nitrogens with two attached hydrogens (primary N) is 1. The van der Waals surface area contributed by atoms with Crippen LogP contribution in [0, 0.1) is 0 Å². The van der Waals surface area contributed by atoms with Gasteiger partial charge in [0, 0.05) is 0 Å². The molecule has 0 fully saturated rings. The molecule has 0 aliphatic carbocycles. The highest BCUT2D eigenvalue weighted by Gasteiger charge is 2.35. The maximum atomic E-state index is 12.1. The van der Waals surface area contributed by atoms with Crippen molar-refractivity contribution in [1.29, 1.82) is 0 Å². The SMILES string of the molecule is CC(NC(N)=O)C(=O)N(CC(=O)O)CC(F)(F)F. The molecular formula is C8H12F3N3O4. The molecule has 3 amide bonds. The average molecular weight is 271 g/mol. The standard InChI is InChI=1S/C8H12F3N3O4/c1-4(13-7(12)18)6(17)14(2-5(15)16)3-8(9,10)11/h4H,2-3H2,1H3,(H,15,16)(H3,12,13,18). The molecule has 1 atom stereocenters. The van der Waals surface area contributed by atoms with Gasteiger partial charge in [-0.25, -0.2) is 4.79 Å². The number of hydrogen-bond donors (Lipinski definition) is 3. The van der Waals surface area contributed by atoms with E-state index in [-0.39, 0.29) is 4.90 Å². The van der Waals surface area contributed by atoms with Crippen LogP contribution in [-0.2, 0) is 9.59 Å². The molecule has 0 rings (SSSR count). The summed E-state index contributed by atoms with van der Waals surface area (Å²) >= 11 is 0. The highest BCUT2D eigenvalue weighted by molar-refractivity contribution is 5.88. The van der Waals surface area contributed by atoms with E-state index >= 15 is 0 Å². The van der Waals surface area contributed by atoms with Crippen molar-refractivity contribution in [3.05, 3.63) is 0 Å². The number of carboxylic acids is 1. The molecule has 0 aliphatic rings. The van der Waals surface area contributed by atoms with Gasteiger partial charge in [0.1, 0.15) is 19.1 Å². The highest BCUT2D eigenvalue weighted by atomic mass is 19.4. The fraction of sp³-hybridized carbons (Fsp3) is 0.625. The van der Waals surface area contributed by atoms with E-state index in [9.17, 15) is 27.6 Å². The van der Waals surface area contributed by atoms with Gasteiger partial charge >= 0.3 is 18.2 Å². The third kappa shape index (κ3) is 6.55. The minimum Gasteiger partial charge on any atom is -0.480 e. The molecule has 0 bridgehead atoms. The molecule has 0 aliphatic heterocycles. The van der Waals surface area contributed by atoms with Gasteiger partial charge in [-0.1, -0.05) is 0 Å². The zero-order valence-corrected chi connectivity index (χ0v) is 9.32. The number of primary amides is 1. The van der Waals surface area contributed by atoms with Crippen molar-refractivity contribution in [3.63, 3.8) is 0 Å². The number of nitrogens with zero attached hydrogens (tertiary/aromatic N) is 1. The van der Waals surface area contributed by atoms with Crippen molar-refractivity contribution < 1.29 is 32.7 Å². The summed E-state index contributed by atoms with van der Waals surface area (Å²) in [6.07, 6.45) is -4.74. The van der Waals surface area contributed by atoms with Gasteiger partial charge in [-0.05, 0) is 6.92 Å². The second-order valence-electron chi connectivity index (χ2n) is 3.43. The predicted octanol–water partition coefficient (Wildman–Crippen LogP) is -0.481. The minimum absolute atomic E-state index is 0.0724. The van der Waals surface area contributed by atoms with Gasteiger partial charge in [0.05, 0.1) is 0 Å². The first kappa shape index (κ1) is 16.0. The third-order valence-electron chi connectivity index (χ3n) is 1.74. The number of nitrogens with one attached hydrogen (secondary N) is 1. The maximum Gasteiger partial charge on any atom is 0.406 e. The van der Waals surface area contributed by atoms with Gasteiger partial charge < -0.3 is 21.1 Å². The Bertz CT molecular complexity index is 345. The summed E-state index contributed by atoms with van der Waals surface area (Å²) in [5.41, 5.74) is 4.70. The molecule has 0 aromatic rings. The predicted molar refractivity (Wildman–Crippen MR) is 52.5 cm³/mol. The van der Waals surface area contributed by atoms with Crippen LogP contribution in [0.3, 0.4) is 0 Å². The van der Waals surface area contributed by atoms with Crippen molar-refractivity contribution in [2.24, 2.45) is 5.73 Å². The lowest BCUT2D eigenvalue weighted by Crippen LogP contribution is -2.52. The third-order valence-corrected chi connectivity index (χ3v) is 1.74. The van der Waals surface area contributed by atoms with E-state index in [1.807, 2.05) is 5.32 Å². The Morgan fingerprint density at radius 2 is 1.89 bits per heavy atom. The van der Waals surface area contributed by atoms with Gasteiger partial charge in [-0.3, -0.25) is 9.59 Å². The van der Waals surface area contributed by atoms with Crippen LogP contribution in [0.25, 0.3) is 0 Å². The van der Waals surface area contributed by atoms with Crippen LogP contribution in [0.5, 0.6) is 0 Å². The molecule has 0 radical (unpaired) electrons. The molecular weight excluding hydrogens is 259 g/mol. The van der Waals surface area contributed by atoms with E-state index in [0.717, 1.165) is 6.92 Å². The van der Waals surface area contributed by atoms with Crippen LogP contribution in [0.4, 0.5) is 18.0 Å². The summed E-state index contributed by atoms with van der Waals surface area (Å²) in [5, 5.41) is 10.3. The molecule has 1 unspecified atom stereocenters. The monoisotopic (exact) mass is 271 g/mol. The van der Waals surface area contributed by atoms with E-state index in [4.69, 9.17) is 10.8 Å². The van der Waals surface area contributed by atoms with Crippen molar-refractivity contribution in [2.75, 3.05) is 13.1 Å². The molecule has 7 nitrogen and oxygen atoms in total. The number of carboxylic acid groups (broad SMARTS) is 1. The number of halogens is 3. The summed E-state index contributed by atoms with van der Waals surface area (Å²) < 4.78 is 36.4. The fourth-order valence-corrected chi connectivity index (χ4v) is 1.14. The molecule has 0 saturated carbocycles. The lowest BCUT2D eigenvalue weighted by Gasteiger charge is -2.25. The quantitative estimate of drug-likeness (QED) is 0.626. The van der Waals surface area contributed by atoms with Crippen molar-refractivity contribution in [2.45, 2.75) is 19.1 Å². The van der Waals surface area contributed by atoms with E-state index < -0.39 is 43.2 Å². The lowest BCUT2D eigenvalue weighted by molar-refractivity contribution is -0.166. The van der Waals surface area contributed by atoms with Crippen LogP contribution in [0.2, 0.25) is 0 Å². The summed E-state index contributed by atoms with van der Waals surface area (Å²) in [5.74, 6) is -2.78. The number of carbonyl (C=O) groups is 3. The topological polar surface area (TPSA) is 113 Å². The summed E-state index contributed by atoms with van der Waals surface area (Å²) in [6, 6.07) is -2.44. The van der Waals surface area contributed by atoms with Gasteiger partial charge in [0.2, 0.25) is 5.91 Å². The van der Waals surface area contributed by atoms with E-state index in [1.165, 1.54) is 0 Å². The van der Waals surface area contributed by atoms with Crippen molar-refractivity contribution in [3.8, 4) is 0 Å². The molecule has 4 N–H and O–H groups in total. The number of urea groups is 1. The van der Waals surface area contributed by atoms with Crippen LogP contribution < -0.4 is 11.1 Å². The van der Waals surface area contributed by atoms with Crippen LogP contribution in [0.1, 0.15) is 6.92 Å². The van der Waals surface area contributed by atoms with Crippen molar-refractivity contribution >= 4 is 17.9 Å². The first-order chi connectivity index (χ1) is 8.03. The lowest BCUT2D eigenvalue weighted by atomic mass is 10.2. The first-order valence-corrected chi connectivity index (χ1v) is 4.66. The molecule has 0 heterocycles. The number of hydrogen-bond acceptors (Lipinski definition) is 3. The molecule has 0 aromatic carbocycles. The molecule has 104 valence electrons. The number of rotatable bonds is 5. The second kappa shape index (κ2) is 6.07. The number of alkyl halides is 3. The molecule has 0 saturated heterocycles. The Hall–Kier alpha value is -2.00. The van der Waals surface area contributed by atoms with Crippen LogP contribution in [-0.4, -0.2) is 53.2 Å². The minimum atomic E-state index is -4.74. The largest absolute Gasteiger partial charge is 0.480 e. The Balaban J connectivity index is 4.78. The van der Waals surface area contributed by atoms with Crippen LogP contribution >= 0.6 is 0 Å². The normalized spacial score (nSPS) is 12.7.